The van der Waals surface area contributed by atoms with Crippen molar-refractivity contribution in [2.24, 2.45) is 0 Å². The molecule has 1 atom stereocenters. The van der Waals surface area contributed by atoms with E-state index >= 15 is 0 Å². The largest absolute Gasteiger partial charge is 0.448 e. The quantitative estimate of drug-likeness (QED) is 0.816. The van der Waals surface area contributed by atoms with Crippen molar-refractivity contribution in [2.75, 3.05) is 5.32 Å². The first-order chi connectivity index (χ1) is 10.4. The van der Waals surface area contributed by atoms with Crippen molar-refractivity contribution in [3.63, 3.8) is 0 Å². The number of hydrogen-bond donors (Lipinski definition) is 1. The fourth-order valence-electron chi connectivity index (χ4n) is 1.67. The molecule has 2 rings (SSSR count). The number of thiophene rings is 1. The van der Waals surface area contributed by atoms with Gasteiger partial charge in [0.25, 0.3) is 5.91 Å². The smallest absolute Gasteiger partial charge is 0.349 e. The second kappa shape index (κ2) is 7.13. The van der Waals surface area contributed by atoms with Crippen molar-refractivity contribution in [1.82, 2.24) is 0 Å². The minimum Gasteiger partial charge on any atom is -0.448 e. The molecule has 0 bridgehead atoms. The highest BCUT2D eigenvalue weighted by molar-refractivity contribution is 7.12. The second-order valence-corrected chi connectivity index (χ2v) is 6.35. The van der Waals surface area contributed by atoms with E-state index in [2.05, 4.69) is 5.32 Å². The van der Waals surface area contributed by atoms with Gasteiger partial charge in [-0.3, -0.25) is 4.79 Å². The molecule has 0 aliphatic carbocycles. The van der Waals surface area contributed by atoms with E-state index in [9.17, 15) is 9.59 Å². The molecule has 0 saturated heterocycles. The molecule has 0 unspecified atom stereocenters. The third kappa shape index (κ3) is 4.00. The van der Waals surface area contributed by atoms with Gasteiger partial charge in [0.15, 0.2) is 6.10 Å². The van der Waals surface area contributed by atoms with E-state index in [1.807, 2.05) is 13.0 Å². The summed E-state index contributed by atoms with van der Waals surface area (Å²) in [6.07, 6.45) is -0.944. The lowest BCUT2D eigenvalue weighted by atomic mass is 10.3. The van der Waals surface area contributed by atoms with Crippen LogP contribution in [0.3, 0.4) is 0 Å². The molecule has 7 heteroatoms. The minimum atomic E-state index is -0.944. The van der Waals surface area contributed by atoms with Crippen molar-refractivity contribution in [1.29, 1.82) is 0 Å². The topological polar surface area (TPSA) is 55.4 Å². The number of carbonyl (C=O) groups is 2. The molecule has 1 heterocycles. The summed E-state index contributed by atoms with van der Waals surface area (Å²) in [6, 6.07) is 6.53. The molecule has 2 aromatic rings. The molecule has 1 aromatic heterocycles. The van der Waals surface area contributed by atoms with Crippen molar-refractivity contribution < 1.29 is 14.3 Å². The maximum Gasteiger partial charge on any atom is 0.349 e. The Balaban J connectivity index is 2.00. The molecule has 116 valence electrons. The molecular weight excluding hydrogens is 345 g/mol. The second-order valence-electron chi connectivity index (χ2n) is 4.59. The molecule has 0 aliphatic heterocycles. The van der Waals surface area contributed by atoms with Crippen LogP contribution in [0, 0.1) is 6.92 Å². The van der Waals surface area contributed by atoms with Crippen LogP contribution < -0.4 is 5.32 Å². The fourth-order valence-corrected chi connectivity index (χ4v) is 2.94. The van der Waals surface area contributed by atoms with E-state index in [-0.39, 0.29) is 0 Å². The molecule has 22 heavy (non-hydrogen) atoms. The van der Waals surface area contributed by atoms with E-state index in [1.165, 1.54) is 24.3 Å². The summed E-state index contributed by atoms with van der Waals surface area (Å²) in [5.41, 5.74) is 1.23. The van der Waals surface area contributed by atoms with Crippen molar-refractivity contribution in [3.8, 4) is 0 Å². The van der Waals surface area contributed by atoms with Gasteiger partial charge in [0.05, 0.1) is 10.7 Å². The Hall–Kier alpha value is -1.56. The van der Waals surface area contributed by atoms with Gasteiger partial charge >= 0.3 is 5.97 Å². The SMILES string of the molecule is Cc1ccsc1C(=O)O[C@@H](C)C(=O)Nc1ccc(Cl)cc1Cl. The van der Waals surface area contributed by atoms with E-state index in [4.69, 9.17) is 27.9 Å². The minimum absolute atomic E-state index is 0.313. The first-order valence-electron chi connectivity index (χ1n) is 6.39. The van der Waals surface area contributed by atoms with Gasteiger partial charge in [0.2, 0.25) is 0 Å². The van der Waals surface area contributed by atoms with Crippen LogP contribution in [0.1, 0.15) is 22.2 Å². The van der Waals surface area contributed by atoms with Crippen LogP contribution in [0.4, 0.5) is 5.69 Å². The Labute approximate surface area is 142 Å². The van der Waals surface area contributed by atoms with Gasteiger partial charge in [0, 0.05) is 5.02 Å². The molecule has 1 aromatic carbocycles. The summed E-state index contributed by atoms with van der Waals surface area (Å²) in [4.78, 5) is 24.5. The van der Waals surface area contributed by atoms with Gasteiger partial charge in [-0.15, -0.1) is 11.3 Å². The lowest BCUT2D eigenvalue weighted by Gasteiger charge is -2.14. The standard InChI is InChI=1S/C15H13Cl2NO3S/c1-8-5-6-22-13(8)15(20)21-9(2)14(19)18-12-4-3-10(16)7-11(12)17/h3-7,9H,1-2H3,(H,18,19)/t9-/m0/s1. The molecule has 0 spiro atoms. The molecule has 0 aliphatic rings. The maximum atomic E-state index is 12.1. The van der Waals surface area contributed by atoms with Gasteiger partial charge in [-0.1, -0.05) is 23.2 Å². The first-order valence-corrected chi connectivity index (χ1v) is 8.03. The summed E-state index contributed by atoms with van der Waals surface area (Å²) < 4.78 is 5.16. The Kier molecular flexibility index (Phi) is 5.45. The molecule has 1 amide bonds. The summed E-state index contributed by atoms with van der Waals surface area (Å²) in [6.45, 7) is 3.31. The number of amides is 1. The number of rotatable bonds is 4. The Morgan fingerprint density at radius 2 is 2.00 bits per heavy atom. The number of carbonyl (C=O) groups excluding carboxylic acids is 2. The maximum absolute atomic E-state index is 12.1. The van der Waals surface area contributed by atoms with E-state index in [1.54, 1.807) is 17.5 Å². The van der Waals surface area contributed by atoms with Crippen LogP contribution in [0.5, 0.6) is 0 Å². The van der Waals surface area contributed by atoms with Crippen LogP contribution in [0.15, 0.2) is 29.6 Å². The number of anilines is 1. The lowest BCUT2D eigenvalue weighted by molar-refractivity contribution is -0.123. The van der Waals surface area contributed by atoms with E-state index < -0.39 is 18.0 Å². The normalized spacial score (nSPS) is 11.8. The number of hydrogen-bond acceptors (Lipinski definition) is 4. The summed E-state index contributed by atoms with van der Waals surface area (Å²) in [5, 5.41) is 5.18. The number of halogens is 2. The number of esters is 1. The number of aryl methyl sites for hydroxylation is 1. The zero-order valence-electron chi connectivity index (χ0n) is 11.9. The zero-order valence-corrected chi connectivity index (χ0v) is 14.2. The van der Waals surface area contributed by atoms with Crippen LogP contribution in [-0.2, 0) is 9.53 Å². The van der Waals surface area contributed by atoms with E-state index in [0.717, 1.165) is 5.56 Å². The number of benzene rings is 1. The fraction of sp³-hybridized carbons (Fsp3) is 0.200. The van der Waals surface area contributed by atoms with Crippen molar-refractivity contribution in [3.05, 3.63) is 50.1 Å². The summed E-state index contributed by atoms with van der Waals surface area (Å²) >= 11 is 13.0. The van der Waals surface area contributed by atoms with Gasteiger partial charge < -0.3 is 10.1 Å². The van der Waals surface area contributed by atoms with Gasteiger partial charge in [-0.05, 0) is 49.1 Å². The molecular formula is C15H13Cl2NO3S. The average molecular weight is 358 g/mol. The molecule has 1 N–H and O–H groups in total. The Bertz CT molecular complexity index is 715. The Morgan fingerprint density at radius 1 is 1.27 bits per heavy atom. The highest BCUT2D eigenvalue weighted by Crippen LogP contribution is 2.25. The Morgan fingerprint density at radius 3 is 2.59 bits per heavy atom. The van der Waals surface area contributed by atoms with E-state index in [0.29, 0.717) is 20.6 Å². The van der Waals surface area contributed by atoms with Crippen molar-refractivity contribution in [2.45, 2.75) is 20.0 Å². The van der Waals surface area contributed by atoms with Crippen LogP contribution in [-0.4, -0.2) is 18.0 Å². The molecule has 0 fully saturated rings. The average Bonchev–Trinajstić information content (AvgIpc) is 2.88. The van der Waals surface area contributed by atoms with Crippen molar-refractivity contribution >= 4 is 52.1 Å². The number of ether oxygens (including phenoxy) is 1. The van der Waals surface area contributed by atoms with Gasteiger partial charge in [-0.2, -0.15) is 0 Å². The third-order valence-corrected chi connectivity index (χ3v) is 4.43. The van der Waals surface area contributed by atoms with Crippen LogP contribution in [0.25, 0.3) is 0 Å². The first kappa shape index (κ1) is 16.8. The highest BCUT2D eigenvalue weighted by atomic mass is 35.5. The third-order valence-electron chi connectivity index (χ3n) is 2.89. The predicted molar refractivity (Wildman–Crippen MR) is 89.0 cm³/mol. The van der Waals surface area contributed by atoms with Gasteiger partial charge in [0.1, 0.15) is 4.88 Å². The monoisotopic (exact) mass is 357 g/mol. The highest BCUT2D eigenvalue weighted by Gasteiger charge is 2.21. The lowest BCUT2D eigenvalue weighted by Crippen LogP contribution is -2.30. The number of nitrogens with one attached hydrogen (secondary N) is 1. The zero-order chi connectivity index (χ0) is 16.3. The van der Waals surface area contributed by atoms with Crippen LogP contribution in [0.2, 0.25) is 10.0 Å². The summed E-state index contributed by atoms with van der Waals surface area (Å²) in [7, 11) is 0. The van der Waals surface area contributed by atoms with Crippen LogP contribution >= 0.6 is 34.5 Å². The predicted octanol–water partition coefficient (Wildman–Crippen LogP) is 4.55. The molecule has 0 radical (unpaired) electrons. The summed E-state index contributed by atoms with van der Waals surface area (Å²) in [5.74, 6) is -0.982. The molecule has 0 saturated carbocycles. The molecule has 4 nitrogen and oxygen atoms in total. The van der Waals surface area contributed by atoms with Gasteiger partial charge in [-0.25, -0.2) is 4.79 Å².